The maximum atomic E-state index is 11.4. The molecule has 0 spiro atoms. The summed E-state index contributed by atoms with van der Waals surface area (Å²) in [6.07, 6.45) is 6.99. The minimum absolute atomic E-state index is 0.0481. The van der Waals surface area contributed by atoms with Crippen molar-refractivity contribution in [2.24, 2.45) is 5.73 Å². The van der Waals surface area contributed by atoms with E-state index in [9.17, 15) is 4.79 Å². The van der Waals surface area contributed by atoms with Crippen molar-refractivity contribution in [1.29, 1.82) is 0 Å². The molecule has 0 aliphatic carbocycles. The molecule has 1 aliphatic rings. The minimum atomic E-state index is -0.155. The molecular formula is C12H24N2O. The molecule has 1 amide bonds. The van der Waals surface area contributed by atoms with Gasteiger partial charge in [0.25, 0.3) is 0 Å². The van der Waals surface area contributed by atoms with E-state index in [4.69, 9.17) is 5.73 Å². The molecular weight excluding hydrogens is 188 g/mol. The molecule has 1 saturated heterocycles. The van der Waals surface area contributed by atoms with E-state index in [0.717, 1.165) is 19.4 Å². The van der Waals surface area contributed by atoms with Crippen LogP contribution in [0.15, 0.2) is 0 Å². The normalized spacial score (nSPS) is 25.9. The molecule has 3 nitrogen and oxygen atoms in total. The zero-order chi connectivity index (χ0) is 11.3. The zero-order valence-electron chi connectivity index (χ0n) is 10.0. The maximum Gasteiger partial charge on any atom is 0.234 e. The van der Waals surface area contributed by atoms with Crippen molar-refractivity contribution in [1.82, 2.24) is 4.90 Å². The van der Waals surface area contributed by atoms with Gasteiger partial charge in [-0.05, 0) is 32.2 Å². The second-order valence-electron chi connectivity index (χ2n) is 4.48. The van der Waals surface area contributed by atoms with Crippen LogP contribution in [0.3, 0.4) is 0 Å². The lowest BCUT2D eigenvalue weighted by Crippen LogP contribution is -2.49. The monoisotopic (exact) mass is 212 g/mol. The van der Waals surface area contributed by atoms with Gasteiger partial charge in [-0.25, -0.2) is 0 Å². The van der Waals surface area contributed by atoms with Crippen LogP contribution < -0.4 is 5.73 Å². The lowest BCUT2D eigenvalue weighted by molar-refractivity contribution is -0.124. The van der Waals surface area contributed by atoms with E-state index in [2.05, 4.69) is 11.8 Å². The van der Waals surface area contributed by atoms with Crippen LogP contribution in [0.2, 0.25) is 0 Å². The molecule has 2 atom stereocenters. The Kier molecular flexibility index (Phi) is 5.09. The SMILES string of the molecule is CCC1CCCCCN1C(CC)C(N)=O. The summed E-state index contributed by atoms with van der Waals surface area (Å²) >= 11 is 0. The summed E-state index contributed by atoms with van der Waals surface area (Å²) in [6, 6.07) is 0.512. The number of amides is 1. The van der Waals surface area contributed by atoms with Crippen molar-refractivity contribution in [2.75, 3.05) is 6.54 Å². The first-order valence-electron chi connectivity index (χ1n) is 6.25. The summed E-state index contributed by atoms with van der Waals surface area (Å²) in [5, 5.41) is 0. The van der Waals surface area contributed by atoms with Crippen LogP contribution in [-0.4, -0.2) is 29.4 Å². The number of nitrogens with two attached hydrogens (primary N) is 1. The van der Waals surface area contributed by atoms with Crippen molar-refractivity contribution in [2.45, 2.75) is 64.5 Å². The highest BCUT2D eigenvalue weighted by Crippen LogP contribution is 2.22. The van der Waals surface area contributed by atoms with Gasteiger partial charge in [-0.2, -0.15) is 0 Å². The molecule has 0 radical (unpaired) electrons. The summed E-state index contributed by atoms with van der Waals surface area (Å²) < 4.78 is 0. The molecule has 0 bridgehead atoms. The Labute approximate surface area is 93.0 Å². The summed E-state index contributed by atoms with van der Waals surface area (Å²) in [6.45, 7) is 5.30. The second kappa shape index (κ2) is 6.11. The van der Waals surface area contributed by atoms with Gasteiger partial charge in [0, 0.05) is 6.04 Å². The van der Waals surface area contributed by atoms with Gasteiger partial charge in [0.15, 0.2) is 0 Å². The summed E-state index contributed by atoms with van der Waals surface area (Å²) in [4.78, 5) is 13.7. The minimum Gasteiger partial charge on any atom is -0.368 e. The molecule has 1 rings (SSSR count). The Hall–Kier alpha value is -0.570. The highest BCUT2D eigenvalue weighted by molar-refractivity contribution is 5.79. The van der Waals surface area contributed by atoms with E-state index in [0.29, 0.717) is 6.04 Å². The van der Waals surface area contributed by atoms with Crippen molar-refractivity contribution >= 4 is 5.91 Å². The van der Waals surface area contributed by atoms with E-state index in [1.54, 1.807) is 0 Å². The average Bonchev–Trinajstić information content (AvgIpc) is 2.44. The molecule has 2 N–H and O–H groups in total. The average molecular weight is 212 g/mol. The molecule has 15 heavy (non-hydrogen) atoms. The number of carbonyl (C=O) groups excluding carboxylic acids is 1. The zero-order valence-corrected chi connectivity index (χ0v) is 10.0. The summed E-state index contributed by atoms with van der Waals surface area (Å²) in [5.74, 6) is -0.155. The van der Waals surface area contributed by atoms with Crippen LogP contribution in [-0.2, 0) is 4.79 Å². The Morgan fingerprint density at radius 3 is 2.67 bits per heavy atom. The van der Waals surface area contributed by atoms with Gasteiger partial charge in [0.2, 0.25) is 5.91 Å². The van der Waals surface area contributed by atoms with Crippen LogP contribution in [0.1, 0.15) is 52.4 Å². The predicted molar refractivity (Wildman–Crippen MR) is 62.5 cm³/mol. The topological polar surface area (TPSA) is 46.3 Å². The van der Waals surface area contributed by atoms with Crippen LogP contribution in [0.25, 0.3) is 0 Å². The predicted octanol–water partition coefficient (Wildman–Crippen LogP) is 1.90. The first kappa shape index (κ1) is 12.5. The number of carbonyl (C=O) groups is 1. The standard InChI is InChI=1S/C12H24N2O/c1-3-10-8-6-5-7-9-14(10)11(4-2)12(13)15/h10-11H,3-9H2,1-2H3,(H2,13,15). The lowest BCUT2D eigenvalue weighted by Gasteiger charge is -2.34. The maximum absolute atomic E-state index is 11.4. The molecule has 3 heteroatoms. The molecule has 1 heterocycles. The number of hydrogen-bond acceptors (Lipinski definition) is 2. The van der Waals surface area contributed by atoms with Crippen molar-refractivity contribution in [3.05, 3.63) is 0 Å². The van der Waals surface area contributed by atoms with E-state index in [1.165, 1.54) is 25.7 Å². The lowest BCUT2D eigenvalue weighted by atomic mass is 10.0. The fraction of sp³-hybridized carbons (Fsp3) is 0.917. The fourth-order valence-electron chi connectivity index (χ4n) is 2.65. The molecule has 88 valence electrons. The van der Waals surface area contributed by atoms with Crippen LogP contribution in [0, 0.1) is 0 Å². The van der Waals surface area contributed by atoms with Crippen LogP contribution in [0.4, 0.5) is 0 Å². The van der Waals surface area contributed by atoms with Gasteiger partial charge < -0.3 is 5.73 Å². The van der Waals surface area contributed by atoms with E-state index >= 15 is 0 Å². The van der Waals surface area contributed by atoms with Gasteiger partial charge in [-0.15, -0.1) is 0 Å². The highest BCUT2D eigenvalue weighted by atomic mass is 16.1. The number of rotatable bonds is 4. The van der Waals surface area contributed by atoms with Crippen LogP contribution >= 0.6 is 0 Å². The number of primary amides is 1. The fourth-order valence-corrected chi connectivity index (χ4v) is 2.65. The number of likely N-dealkylation sites (tertiary alicyclic amines) is 1. The molecule has 1 aliphatic heterocycles. The van der Waals surface area contributed by atoms with E-state index in [1.807, 2.05) is 6.92 Å². The molecule has 0 aromatic rings. The second-order valence-corrected chi connectivity index (χ2v) is 4.48. The largest absolute Gasteiger partial charge is 0.368 e. The summed E-state index contributed by atoms with van der Waals surface area (Å²) in [7, 11) is 0. The molecule has 0 saturated carbocycles. The van der Waals surface area contributed by atoms with Crippen molar-refractivity contribution in [3.8, 4) is 0 Å². The smallest absolute Gasteiger partial charge is 0.234 e. The van der Waals surface area contributed by atoms with Crippen molar-refractivity contribution < 1.29 is 4.79 Å². The Morgan fingerprint density at radius 1 is 1.40 bits per heavy atom. The first-order chi connectivity index (χ1) is 7.20. The van der Waals surface area contributed by atoms with Gasteiger partial charge in [0.05, 0.1) is 6.04 Å². The Morgan fingerprint density at radius 2 is 2.13 bits per heavy atom. The number of nitrogens with zero attached hydrogens (tertiary/aromatic N) is 1. The molecule has 0 aromatic heterocycles. The molecule has 2 unspecified atom stereocenters. The van der Waals surface area contributed by atoms with Gasteiger partial charge in [-0.1, -0.05) is 26.7 Å². The van der Waals surface area contributed by atoms with Crippen molar-refractivity contribution in [3.63, 3.8) is 0 Å². The van der Waals surface area contributed by atoms with Crippen LogP contribution in [0.5, 0.6) is 0 Å². The quantitative estimate of drug-likeness (QED) is 0.773. The van der Waals surface area contributed by atoms with E-state index in [-0.39, 0.29) is 11.9 Å². The van der Waals surface area contributed by atoms with Gasteiger partial charge in [0.1, 0.15) is 0 Å². The third-order valence-electron chi connectivity index (χ3n) is 3.51. The van der Waals surface area contributed by atoms with E-state index < -0.39 is 0 Å². The highest BCUT2D eigenvalue weighted by Gasteiger charge is 2.28. The van der Waals surface area contributed by atoms with Gasteiger partial charge >= 0.3 is 0 Å². The molecule has 1 fully saturated rings. The molecule has 0 aromatic carbocycles. The number of hydrogen-bond donors (Lipinski definition) is 1. The van der Waals surface area contributed by atoms with Gasteiger partial charge in [-0.3, -0.25) is 9.69 Å². The first-order valence-corrected chi connectivity index (χ1v) is 6.25. The third-order valence-corrected chi connectivity index (χ3v) is 3.51. The summed E-state index contributed by atoms with van der Waals surface area (Å²) in [5.41, 5.74) is 5.47. The Balaban J connectivity index is 2.71. The Bertz CT molecular complexity index is 206. The third kappa shape index (κ3) is 3.20.